The van der Waals surface area contributed by atoms with E-state index in [1.807, 2.05) is 13.8 Å². The number of amides is 1. The summed E-state index contributed by atoms with van der Waals surface area (Å²) in [5, 5.41) is 11.4. The van der Waals surface area contributed by atoms with E-state index >= 15 is 0 Å². The largest absolute Gasteiger partial charge is 0.361 e. The van der Waals surface area contributed by atoms with Crippen LogP contribution in [0.2, 0.25) is 0 Å². The van der Waals surface area contributed by atoms with Gasteiger partial charge in [0.1, 0.15) is 6.04 Å². The molecule has 0 fully saturated rings. The van der Waals surface area contributed by atoms with E-state index in [1.54, 1.807) is 24.3 Å². The van der Waals surface area contributed by atoms with Crippen LogP contribution in [-0.4, -0.2) is 50.0 Å². The lowest BCUT2D eigenvalue weighted by Crippen LogP contribution is -2.51. The Labute approximate surface area is 176 Å². The van der Waals surface area contributed by atoms with Crippen molar-refractivity contribution in [2.24, 2.45) is 10.9 Å². The van der Waals surface area contributed by atoms with Crippen molar-refractivity contribution < 1.29 is 13.2 Å². The minimum Gasteiger partial charge on any atom is -0.361 e. The molecule has 0 bridgehead atoms. The number of hydrogen-bond acceptors (Lipinski definition) is 6. The summed E-state index contributed by atoms with van der Waals surface area (Å²) in [6.07, 6.45) is 1.71. The minimum atomic E-state index is -3.48. The SMILES string of the molecule is CC[C@H](C)[C@H](NS(C)(=O)=O)C(=O)NCCNC(=S)Nc1ccc(N=C=S)cc1. The summed E-state index contributed by atoms with van der Waals surface area (Å²) in [6.45, 7) is 4.40. The molecule has 0 heterocycles. The van der Waals surface area contributed by atoms with E-state index < -0.39 is 16.1 Å². The summed E-state index contributed by atoms with van der Waals surface area (Å²) < 4.78 is 25.3. The molecule has 0 aliphatic rings. The lowest BCUT2D eigenvalue weighted by molar-refractivity contribution is -0.123. The number of hydrogen-bond donors (Lipinski definition) is 4. The summed E-state index contributed by atoms with van der Waals surface area (Å²) in [7, 11) is -3.48. The maximum Gasteiger partial charge on any atom is 0.238 e. The van der Waals surface area contributed by atoms with E-state index in [2.05, 4.69) is 43.0 Å². The predicted octanol–water partition coefficient (Wildman–Crippen LogP) is 1.79. The number of aliphatic imine (C=N–C) groups is 1. The molecule has 154 valence electrons. The Balaban J connectivity index is 2.44. The van der Waals surface area contributed by atoms with Gasteiger partial charge in [-0.2, -0.15) is 4.99 Å². The number of carbonyl (C=O) groups is 1. The van der Waals surface area contributed by atoms with Crippen molar-refractivity contribution in [3.63, 3.8) is 0 Å². The van der Waals surface area contributed by atoms with Gasteiger partial charge in [-0.05, 0) is 54.6 Å². The van der Waals surface area contributed by atoms with Crippen molar-refractivity contribution in [3.05, 3.63) is 24.3 Å². The molecule has 0 aromatic heterocycles. The topological polar surface area (TPSA) is 112 Å². The van der Waals surface area contributed by atoms with Crippen LogP contribution in [0.4, 0.5) is 11.4 Å². The number of thiocarbonyl (C=S) groups is 2. The molecule has 1 aromatic rings. The van der Waals surface area contributed by atoms with Gasteiger partial charge in [0, 0.05) is 18.8 Å². The molecule has 0 aliphatic carbocycles. The first-order chi connectivity index (χ1) is 13.2. The third-order valence-electron chi connectivity index (χ3n) is 3.85. The highest BCUT2D eigenvalue weighted by Crippen LogP contribution is 2.15. The summed E-state index contributed by atoms with van der Waals surface area (Å²) in [5.74, 6) is -0.494. The van der Waals surface area contributed by atoms with Gasteiger partial charge in [-0.1, -0.05) is 20.3 Å². The second-order valence-corrected chi connectivity index (χ2v) is 8.55. The van der Waals surface area contributed by atoms with Gasteiger partial charge in [-0.25, -0.2) is 13.1 Å². The van der Waals surface area contributed by atoms with E-state index in [0.29, 0.717) is 30.3 Å². The van der Waals surface area contributed by atoms with Gasteiger partial charge in [0.2, 0.25) is 15.9 Å². The molecule has 28 heavy (non-hydrogen) atoms. The third-order valence-corrected chi connectivity index (χ3v) is 4.87. The van der Waals surface area contributed by atoms with E-state index in [1.165, 1.54) is 0 Å². The van der Waals surface area contributed by atoms with Crippen LogP contribution in [0.3, 0.4) is 0 Å². The van der Waals surface area contributed by atoms with Gasteiger partial charge in [0.15, 0.2) is 5.11 Å². The zero-order chi connectivity index (χ0) is 21.2. The molecule has 8 nitrogen and oxygen atoms in total. The van der Waals surface area contributed by atoms with Gasteiger partial charge >= 0.3 is 0 Å². The number of nitrogens with one attached hydrogen (secondary N) is 4. The van der Waals surface area contributed by atoms with E-state index in [0.717, 1.165) is 11.9 Å². The van der Waals surface area contributed by atoms with Crippen LogP contribution >= 0.6 is 24.4 Å². The van der Waals surface area contributed by atoms with Crippen LogP contribution in [0, 0.1) is 5.92 Å². The van der Waals surface area contributed by atoms with Crippen LogP contribution in [0.5, 0.6) is 0 Å². The fourth-order valence-corrected chi connectivity index (χ4v) is 3.34. The molecular formula is C17H25N5O3S3. The third kappa shape index (κ3) is 9.34. The number of anilines is 1. The second kappa shape index (κ2) is 11.8. The Morgan fingerprint density at radius 2 is 1.82 bits per heavy atom. The van der Waals surface area contributed by atoms with Gasteiger partial charge in [0.25, 0.3) is 0 Å². The van der Waals surface area contributed by atoms with Gasteiger partial charge < -0.3 is 16.0 Å². The fraction of sp³-hybridized carbons (Fsp3) is 0.471. The van der Waals surface area contributed by atoms with E-state index in [-0.39, 0.29) is 11.8 Å². The molecule has 0 saturated heterocycles. The van der Waals surface area contributed by atoms with E-state index in [4.69, 9.17) is 12.2 Å². The van der Waals surface area contributed by atoms with Crippen molar-refractivity contribution in [2.75, 3.05) is 24.7 Å². The van der Waals surface area contributed by atoms with Crippen LogP contribution in [0.25, 0.3) is 0 Å². The molecule has 11 heteroatoms. The minimum absolute atomic E-state index is 0.129. The maximum atomic E-state index is 12.3. The molecule has 1 amide bonds. The Bertz CT molecular complexity index is 821. The van der Waals surface area contributed by atoms with Crippen molar-refractivity contribution in [1.29, 1.82) is 0 Å². The summed E-state index contributed by atoms with van der Waals surface area (Å²) in [6, 6.07) is 6.34. The summed E-state index contributed by atoms with van der Waals surface area (Å²) in [4.78, 5) is 16.2. The number of carbonyl (C=O) groups excluding carboxylic acids is 1. The smallest absolute Gasteiger partial charge is 0.238 e. The summed E-state index contributed by atoms with van der Waals surface area (Å²) >= 11 is 9.75. The fourth-order valence-electron chi connectivity index (χ4n) is 2.21. The molecule has 0 spiro atoms. The number of benzene rings is 1. The maximum absolute atomic E-state index is 12.3. The first-order valence-corrected chi connectivity index (χ1v) is 11.3. The van der Waals surface area contributed by atoms with Crippen molar-refractivity contribution in [1.82, 2.24) is 15.4 Å². The van der Waals surface area contributed by atoms with Crippen molar-refractivity contribution in [3.8, 4) is 0 Å². The van der Waals surface area contributed by atoms with Crippen LogP contribution < -0.4 is 20.7 Å². The highest BCUT2D eigenvalue weighted by Gasteiger charge is 2.26. The molecule has 0 saturated carbocycles. The lowest BCUT2D eigenvalue weighted by atomic mass is 9.99. The molecule has 0 aliphatic heterocycles. The summed E-state index contributed by atoms with van der Waals surface area (Å²) in [5.41, 5.74) is 1.47. The number of sulfonamides is 1. The Morgan fingerprint density at radius 3 is 2.36 bits per heavy atom. The van der Waals surface area contributed by atoms with Crippen LogP contribution in [-0.2, 0) is 14.8 Å². The molecular weight excluding hydrogens is 418 g/mol. The lowest BCUT2D eigenvalue weighted by Gasteiger charge is -2.22. The highest BCUT2D eigenvalue weighted by molar-refractivity contribution is 7.88. The normalized spacial score (nSPS) is 13.0. The zero-order valence-electron chi connectivity index (χ0n) is 16.0. The standard InChI is InChI=1S/C17H25N5O3S3/c1-4-12(2)15(22-28(3,24)25)16(23)18-9-10-19-17(27)21-14-7-5-13(6-8-14)20-11-26/h5-8,12,15,22H,4,9-10H2,1-3H3,(H,18,23)(H2,19,21,27)/t12-,15-/m0/s1. The van der Waals surface area contributed by atoms with Gasteiger partial charge in [0.05, 0.1) is 17.1 Å². The quantitative estimate of drug-likeness (QED) is 0.248. The average molecular weight is 444 g/mol. The molecule has 0 radical (unpaired) electrons. The monoisotopic (exact) mass is 443 g/mol. The molecule has 2 atom stereocenters. The highest BCUT2D eigenvalue weighted by atomic mass is 32.2. The molecule has 1 rings (SSSR count). The molecule has 1 aromatic carbocycles. The van der Waals surface area contributed by atoms with Crippen molar-refractivity contribution >= 4 is 62.0 Å². The number of isothiocyanates is 1. The zero-order valence-corrected chi connectivity index (χ0v) is 18.4. The Morgan fingerprint density at radius 1 is 1.21 bits per heavy atom. The Hall–Kier alpha value is -1.91. The van der Waals surface area contributed by atoms with Gasteiger partial charge in [-0.15, -0.1) is 0 Å². The first-order valence-electron chi connectivity index (χ1n) is 8.64. The average Bonchev–Trinajstić information content (AvgIpc) is 2.63. The van der Waals surface area contributed by atoms with Crippen molar-refractivity contribution in [2.45, 2.75) is 26.3 Å². The van der Waals surface area contributed by atoms with Crippen LogP contribution in [0.15, 0.2) is 29.3 Å². The number of rotatable bonds is 10. The van der Waals surface area contributed by atoms with Gasteiger partial charge in [-0.3, -0.25) is 4.79 Å². The first kappa shape index (κ1) is 24.1. The number of nitrogens with zero attached hydrogens (tertiary/aromatic N) is 1. The predicted molar refractivity (Wildman–Crippen MR) is 120 cm³/mol. The van der Waals surface area contributed by atoms with Crippen LogP contribution in [0.1, 0.15) is 20.3 Å². The molecule has 4 N–H and O–H groups in total. The van der Waals surface area contributed by atoms with E-state index in [9.17, 15) is 13.2 Å². The second-order valence-electron chi connectivity index (χ2n) is 6.18. The molecule has 0 unspecified atom stereocenters. The Kier molecular flexibility index (Phi) is 10.2.